The zero-order valence-corrected chi connectivity index (χ0v) is 13.2. The molecule has 0 N–H and O–H groups in total. The van der Waals surface area contributed by atoms with E-state index >= 15 is 0 Å². The van der Waals surface area contributed by atoms with Crippen LogP contribution in [-0.2, 0) is 14.3 Å². The highest BCUT2D eigenvalue weighted by Gasteiger charge is 2.32. The van der Waals surface area contributed by atoms with E-state index in [-0.39, 0.29) is 10.3 Å². The van der Waals surface area contributed by atoms with Gasteiger partial charge in [-0.1, -0.05) is 43.9 Å². The van der Waals surface area contributed by atoms with Crippen molar-refractivity contribution in [2.45, 2.75) is 57.3 Å². The third kappa shape index (κ3) is 3.61. The van der Waals surface area contributed by atoms with E-state index < -0.39 is 10.1 Å². The van der Waals surface area contributed by atoms with Gasteiger partial charge in [0.1, 0.15) is 0 Å². The average Bonchev–Trinajstić information content (AvgIpc) is 2.47. The smallest absolute Gasteiger partial charge is 0.266 e. The van der Waals surface area contributed by atoms with E-state index in [0.29, 0.717) is 6.61 Å². The molecule has 1 aromatic carbocycles. The molecule has 1 aliphatic carbocycles. The van der Waals surface area contributed by atoms with E-state index in [9.17, 15) is 8.42 Å². The van der Waals surface area contributed by atoms with Gasteiger partial charge in [0.05, 0.1) is 11.5 Å². The zero-order valence-electron chi connectivity index (χ0n) is 12.4. The number of benzene rings is 1. The second kappa shape index (κ2) is 6.27. The summed E-state index contributed by atoms with van der Waals surface area (Å²) in [6, 6.07) is 6.83. The summed E-state index contributed by atoms with van der Waals surface area (Å²) in [5.74, 6) is 0. The molecule has 0 aliphatic heterocycles. The summed E-state index contributed by atoms with van der Waals surface area (Å²) in [5, 5.41) is 0. The van der Waals surface area contributed by atoms with Crippen LogP contribution < -0.4 is 0 Å². The Balaban J connectivity index is 2.06. The standard InChI is InChI=1S/C16H24O3S/c1-3-16(11-5-4-6-12-16)13-19-20(17,18)15-9-7-14(2)8-10-15/h7-10H,3-6,11-13H2,1-2H3. The lowest BCUT2D eigenvalue weighted by molar-refractivity contribution is 0.0964. The van der Waals surface area contributed by atoms with Gasteiger partial charge in [0.15, 0.2) is 0 Å². The number of hydrogen-bond acceptors (Lipinski definition) is 3. The summed E-state index contributed by atoms with van der Waals surface area (Å²) in [7, 11) is -3.62. The van der Waals surface area contributed by atoms with Gasteiger partial charge in [0.25, 0.3) is 10.1 Å². The Bertz CT molecular complexity index is 525. The lowest BCUT2D eigenvalue weighted by atomic mass is 9.73. The van der Waals surface area contributed by atoms with Crippen LogP contribution in [0, 0.1) is 12.3 Å². The van der Waals surface area contributed by atoms with Crippen molar-refractivity contribution in [1.82, 2.24) is 0 Å². The number of hydrogen-bond donors (Lipinski definition) is 0. The predicted octanol–water partition coefficient (Wildman–Crippen LogP) is 4.06. The van der Waals surface area contributed by atoms with Crippen molar-refractivity contribution in [3.63, 3.8) is 0 Å². The van der Waals surface area contributed by atoms with Gasteiger partial charge in [-0.25, -0.2) is 0 Å². The highest BCUT2D eigenvalue weighted by molar-refractivity contribution is 7.86. The first-order valence-corrected chi connectivity index (χ1v) is 8.84. The van der Waals surface area contributed by atoms with E-state index in [2.05, 4.69) is 6.92 Å². The molecule has 0 saturated heterocycles. The Kier molecular flexibility index (Phi) is 4.86. The van der Waals surface area contributed by atoms with E-state index in [4.69, 9.17) is 4.18 Å². The Morgan fingerprint density at radius 1 is 1.10 bits per heavy atom. The van der Waals surface area contributed by atoms with Gasteiger partial charge in [-0.15, -0.1) is 0 Å². The molecule has 0 bridgehead atoms. The van der Waals surface area contributed by atoms with Crippen molar-refractivity contribution in [1.29, 1.82) is 0 Å². The van der Waals surface area contributed by atoms with Crippen LogP contribution in [0.3, 0.4) is 0 Å². The molecule has 0 heterocycles. The largest absolute Gasteiger partial charge is 0.296 e. The SMILES string of the molecule is CCC1(COS(=O)(=O)c2ccc(C)cc2)CCCCC1. The molecule has 0 aromatic heterocycles. The first-order valence-electron chi connectivity index (χ1n) is 7.44. The minimum Gasteiger partial charge on any atom is -0.266 e. The van der Waals surface area contributed by atoms with E-state index in [1.54, 1.807) is 24.3 Å². The summed E-state index contributed by atoms with van der Waals surface area (Å²) >= 11 is 0. The number of rotatable bonds is 5. The van der Waals surface area contributed by atoms with Crippen molar-refractivity contribution >= 4 is 10.1 Å². The molecular weight excluding hydrogens is 272 g/mol. The van der Waals surface area contributed by atoms with Gasteiger partial charge in [0, 0.05) is 0 Å². The summed E-state index contributed by atoms with van der Waals surface area (Å²) < 4.78 is 29.8. The Labute approximate surface area is 122 Å². The fourth-order valence-electron chi connectivity index (χ4n) is 2.88. The van der Waals surface area contributed by atoms with Gasteiger partial charge in [0.2, 0.25) is 0 Å². The van der Waals surface area contributed by atoms with Crippen LogP contribution in [0.1, 0.15) is 51.0 Å². The van der Waals surface area contributed by atoms with Crippen LogP contribution in [0.15, 0.2) is 29.2 Å². The van der Waals surface area contributed by atoms with E-state index in [0.717, 1.165) is 24.8 Å². The van der Waals surface area contributed by atoms with Gasteiger partial charge in [-0.3, -0.25) is 4.18 Å². The normalized spacial score (nSPS) is 18.9. The lowest BCUT2D eigenvalue weighted by Crippen LogP contribution is -2.30. The quantitative estimate of drug-likeness (QED) is 0.770. The van der Waals surface area contributed by atoms with Crippen LogP contribution in [0.5, 0.6) is 0 Å². The lowest BCUT2D eigenvalue weighted by Gasteiger charge is -2.35. The van der Waals surface area contributed by atoms with Gasteiger partial charge >= 0.3 is 0 Å². The molecule has 0 amide bonds. The van der Waals surface area contributed by atoms with Crippen LogP contribution in [0.4, 0.5) is 0 Å². The first kappa shape index (κ1) is 15.5. The summed E-state index contributed by atoms with van der Waals surface area (Å²) in [4.78, 5) is 0.255. The molecule has 1 aliphatic rings. The van der Waals surface area contributed by atoms with Crippen molar-refractivity contribution in [3.8, 4) is 0 Å². The Morgan fingerprint density at radius 3 is 2.25 bits per heavy atom. The van der Waals surface area contributed by atoms with Crippen LogP contribution in [-0.4, -0.2) is 15.0 Å². The van der Waals surface area contributed by atoms with E-state index in [1.807, 2.05) is 6.92 Å². The molecular formula is C16H24O3S. The summed E-state index contributed by atoms with van der Waals surface area (Å²) in [6.45, 7) is 4.39. The second-order valence-corrected chi connectivity index (χ2v) is 7.56. The Morgan fingerprint density at radius 2 is 1.70 bits per heavy atom. The Hall–Kier alpha value is -0.870. The predicted molar refractivity (Wildman–Crippen MR) is 80.1 cm³/mol. The van der Waals surface area contributed by atoms with Crippen molar-refractivity contribution in [2.75, 3.05) is 6.61 Å². The molecule has 0 radical (unpaired) electrons. The average molecular weight is 296 g/mol. The molecule has 0 unspecified atom stereocenters. The molecule has 112 valence electrons. The van der Waals surface area contributed by atoms with Gasteiger partial charge < -0.3 is 0 Å². The van der Waals surface area contributed by atoms with Crippen LogP contribution in [0.2, 0.25) is 0 Å². The van der Waals surface area contributed by atoms with Crippen molar-refractivity contribution in [2.24, 2.45) is 5.41 Å². The zero-order chi connectivity index (χ0) is 14.6. The van der Waals surface area contributed by atoms with Crippen molar-refractivity contribution in [3.05, 3.63) is 29.8 Å². The van der Waals surface area contributed by atoms with Crippen LogP contribution >= 0.6 is 0 Å². The van der Waals surface area contributed by atoms with Gasteiger partial charge in [-0.2, -0.15) is 8.42 Å². The maximum atomic E-state index is 12.2. The molecule has 4 heteroatoms. The number of aryl methyl sites for hydroxylation is 1. The molecule has 20 heavy (non-hydrogen) atoms. The second-order valence-electron chi connectivity index (χ2n) is 5.94. The summed E-state index contributed by atoms with van der Waals surface area (Å²) in [6.07, 6.45) is 6.76. The van der Waals surface area contributed by atoms with Gasteiger partial charge in [-0.05, 0) is 43.7 Å². The highest BCUT2D eigenvalue weighted by atomic mass is 32.2. The van der Waals surface area contributed by atoms with Crippen LogP contribution in [0.25, 0.3) is 0 Å². The fourth-order valence-corrected chi connectivity index (χ4v) is 3.89. The van der Waals surface area contributed by atoms with Crippen molar-refractivity contribution < 1.29 is 12.6 Å². The molecule has 0 atom stereocenters. The molecule has 0 spiro atoms. The monoisotopic (exact) mass is 296 g/mol. The maximum Gasteiger partial charge on any atom is 0.296 e. The third-order valence-electron chi connectivity index (χ3n) is 4.49. The fraction of sp³-hybridized carbons (Fsp3) is 0.625. The minimum atomic E-state index is -3.62. The summed E-state index contributed by atoms with van der Waals surface area (Å²) in [5.41, 5.74) is 1.09. The maximum absolute atomic E-state index is 12.2. The minimum absolute atomic E-state index is 0.0516. The molecule has 3 nitrogen and oxygen atoms in total. The topological polar surface area (TPSA) is 43.4 Å². The molecule has 1 aromatic rings. The third-order valence-corrected chi connectivity index (χ3v) is 5.77. The highest BCUT2D eigenvalue weighted by Crippen LogP contribution is 2.39. The first-order chi connectivity index (χ1) is 9.47. The molecule has 1 fully saturated rings. The molecule has 2 rings (SSSR count). The van der Waals surface area contributed by atoms with E-state index in [1.165, 1.54) is 19.3 Å². The molecule has 1 saturated carbocycles.